The van der Waals surface area contributed by atoms with Gasteiger partial charge in [-0.2, -0.15) is 0 Å². The summed E-state index contributed by atoms with van der Waals surface area (Å²) in [5.74, 6) is -2.48. The van der Waals surface area contributed by atoms with Crippen molar-refractivity contribution >= 4 is 45.6 Å². The number of allylic oxidation sites excluding steroid dienone is 1. The van der Waals surface area contributed by atoms with Crippen LogP contribution in [0.15, 0.2) is 30.4 Å². The van der Waals surface area contributed by atoms with Crippen LogP contribution in [-0.2, 0) is 46.8 Å². The molecule has 296 valence electrons. The summed E-state index contributed by atoms with van der Waals surface area (Å²) in [4.78, 5) is 73.9. The Morgan fingerprint density at radius 3 is 2.52 bits per heavy atom. The van der Waals surface area contributed by atoms with Gasteiger partial charge >= 0.3 is 12.2 Å². The van der Waals surface area contributed by atoms with E-state index in [0.29, 0.717) is 45.2 Å². The zero-order valence-electron chi connectivity index (χ0n) is 31.9. The maximum absolute atomic E-state index is 14.4. The van der Waals surface area contributed by atoms with Crippen LogP contribution in [0.4, 0.5) is 15.3 Å². The summed E-state index contributed by atoms with van der Waals surface area (Å²) in [6.45, 7) is 5.79. The minimum Gasteiger partial charge on any atom is -0.444 e. The number of hydrogen-bond acceptors (Lipinski definition) is 10. The van der Waals surface area contributed by atoms with E-state index in [1.54, 1.807) is 25.7 Å². The van der Waals surface area contributed by atoms with Crippen molar-refractivity contribution in [3.63, 3.8) is 0 Å². The van der Waals surface area contributed by atoms with Gasteiger partial charge in [-0.1, -0.05) is 37.1 Å². The van der Waals surface area contributed by atoms with E-state index in [1.807, 2.05) is 49.3 Å². The molecule has 6 rings (SSSR count). The van der Waals surface area contributed by atoms with Crippen molar-refractivity contribution in [1.82, 2.24) is 25.2 Å². The molecule has 0 spiro atoms. The molecule has 0 unspecified atom stereocenters. The van der Waals surface area contributed by atoms with Crippen LogP contribution in [0.1, 0.15) is 89.7 Å². The van der Waals surface area contributed by atoms with Crippen molar-refractivity contribution < 1.29 is 41.9 Å². The van der Waals surface area contributed by atoms with E-state index in [1.165, 1.54) is 10.5 Å². The SMILES string of the molecule is CN(C)c1cccc2c1CCN(C(=O)O[C@@H]1C[C@H]3C(=O)N[C@]4(C(=O)NS(=O)(=O)C5CC5)C[C@H]4/C=C/CCCCC[C@H](NC(=O)OC(C)(C)C)C(=O)N3C1)C2. The molecule has 1 aromatic carbocycles. The third-order valence-electron chi connectivity index (χ3n) is 10.8. The number of fused-ring (bicyclic) bond motifs is 3. The fraction of sp³-hybridized carbons (Fsp3) is 0.658. The molecule has 3 heterocycles. The molecule has 3 fully saturated rings. The summed E-state index contributed by atoms with van der Waals surface area (Å²) in [5.41, 5.74) is 0.916. The first-order chi connectivity index (χ1) is 25.5. The van der Waals surface area contributed by atoms with Crippen molar-refractivity contribution in [1.29, 1.82) is 0 Å². The van der Waals surface area contributed by atoms with Gasteiger partial charge in [0.1, 0.15) is 29.3 Å². The molecule has 1 saturated heterocycles. The monoisotopic (exact) mass is 770 g/mol. The summed E-state index contributed by atoms with van der Waals surface area (Å²) in [6, 6.07) is 3.76. The molecule has 3 N–H and O–H groups in total. The molecule has 5 amide bonds. The molecule has 15 nitrogen and oxygen atoms in total. The van der Waals surface area contributed by atoms with Gasteiger partial charge in [-0.05, 0) is 82.9 Å². The molecule has 0 radical (unpaired) electrons. The van der Waals surface area contributed by atoms with Gasteiger partial charge in [0, 0.05) is 45.2 Å². The Morgan fingerprint density at radius 2 is 1.81 bits per heavy atom. The summed E-state index contributed by atoms with van der Waals surface area (Å²) in [5, 5.41) is 4.90. The Labute approximate surface area is 317 Å². The Hall–Kier alpha value is -4.34. The molecule has 5 aliphatic rings. The number of carbonyl (C=O) groups is 5. The van der Waals surface area contributed by atoms with Crippen LogP contribution in [0, 0.1) is 5.92 Å². The molecule has 2 aliphatic carbocycles. The molecule has 54 heavy (non-hydrogen) atoms. The van der Waals surface area contributed by atoms with Gasteiger partial charge in [-0.15, -0.1) is 0 Å². The van der Waals surface area contributed by atoms with Gasteiger partial charge in [0.05, 0.1) is 11.8 Å². The Balaban J connectivity index is 1.24. The Kier molecular flexibility index (Phi) is 11.2. The third kappa shape index (κ3) is 8.95. The number of anilines is 1. The molecular weight excluding hydrogens is 717 g/mol. The Morgan fingerprint density at radius 1 is 1.06 bits per heavy atom. The standard InChI is InChI=1S/C38H54N6O9S/c1-37(2,3)53-35(48)39-29-14-10-8-6-7-9-13-25-21-38(25,34(47)41-54(50,51)27-16-17-27)40-32(45)31-20-26(23-44(31)33(29)46)52-36(49)43-19-18-28-24(22-43)12-11-15-30(28)42(4)5/h9,11-13,15,25-27,29,31H,6-8,10,14,16-23H2,1-5H3,(H,39,48)(H,40,45)(H,41,47)/b13-9+/t25-,26-,29+,31+,38-/m1/s1. The van der Waals surface area contributed by atoms with E-state index in [0.717, 1.165) is 24.1 Å². The average molecular weight is 771 g/mol. The summed E-state index contributed by atoms with van der Waals surface area (Å²) in [7, 11) is 0.0471. The average Bonchev–Trinajstić information content (AvgIpc) is 4.02. The highest BCUT2D eigenvalue weighted by Gasteiger charge is 2.62. The van der Waals surface area contributed by atoms with Gasteiger partial charge in [0.2, 0.25) is 21.8 Å². The minimum absolute atomic E-state index is 0.0593. The van der Waals surface area contributed by atoms with Gasteiger partial charge in [0.15, 0.2) is 0 Å². The zero-order valence-corrected chi connectivity index (χ0v) is 32.7. The number of nitrogens with zero attached hydrogens (tertiary/aromatic N) is 3. The van der Waals surface area contributed by atoms with Crippen LogP contribution in [0.2, 0.25) is 0 Å². The van der Waals surface area contributed by atoms with Crippen molar-refractivity contribution in [2.45, 2.75) is 126 Å². The number of ether oxygens (including phenoxy) is 2. The van der Waals surface area contributed by atoms with E-state index in [9.17, 15) is 32.4 Å². The second-order valence-corrected chi connectivity index (χ2v) is 18.4. The van der Waals surface area contributed by atoms with Gasteiger partial charge in [-0.3, -0.25) is 19.1 Å². The normalized spacial score (nSPS) is 28.2. The van der Waals surface area contributed by atoms with Crippen LogP contribution in [-0.4, -0.2) is 110 Å². The van der Waals surface area contributed by atoms with E-state index in [-0.39, 0.29) is 25.8 Å². The number of nitrogens with one attached hydrogen (secondary N) is 3. The van der Waals surface area contributed by atoms with E-state index in [2.05, 4.69) is 15.4 Å². The summed E-state index contributed by atoms with van der Waals surface area (Å²) < 4.78 is 39.3. The molecule has 0 aromatic heterocycles. The number of hydrogen-bond donors (Lipinski definition) is 3. The molecular formula is C38H54N6O9S. The molecule has 2 saturated carbocycles. The highest BCUT2D eigenvalue weighted by molar-refractivity contribution is 7.91. The number of sulfonamides is 1. The van der Waals surface area contributed by atoms with Gasteiger partial charge in [0.25, 0.3) is 5.91 Å². The van der Waals surface area contributed by atoms with E-state index < -0.39 is 80.4 Å². The first-order valence-corrected chi connectivity index (χ1v) is 20.6. The van der Waals surface area contributed by atoms with Crippen molar-refractivity contribution in [2.24, 2.45) is 5.92 Å². The number of benzene rings is 1. The fourth-order valence-electron chi connectivity index (χ4n) is 7.68. The van der Waals surface area contributed by atoms with Gasteiger partial charge < -0.3 is 34.8 Å². The topological polar surface area (TPSA) is 184 Å². The second kappa shape index (κ2) is 15.4. The second-order valence-electron chi connectivity index (χ2n) is 16.4. The molecule has 3 aliphatic heterocycles. The quantitative estimate of drug-likeness (QED) is 0.364. The number of amides is 5. The van der Waals surface area contributed by atoms with Crippen LogP contribution >= 0.6 is 0 Å². The first-order valence-electron chi connectivity index (χ1n) is 19.1. The van der Waals surface area contributed by atoms with Crippen molar-refractivity contribution in [3.05, 3.63) is 41.5 Å². The highest BCUT2D eigenvalue weighted by atomic mass is 32.2. The van der Waals surface area contributed by atoms with Crippen LogP contribution in [0.25, 0.3) is 0 Å². The Bertz CT molecular complexity index is 1790. The predicted octanol–water partition coefficient (Wildman–Crippen LogP) is 3.11. The van der Waals surface area contributed by atoms with Crippen molar-refractivity contribution in [2.75, 3.05) is 32.1 Å². The van der Waals surface area contributed by atoms with Gasteiger partial charge in [-0.25, -0.2) is 18.0 Å². The molecule has 16 heteroatoms. The molecule has 5 atom stereocenters. The third-order valence-corrected chi connectivity index (χ3v) is 12.6. The zero-order chi connectivity index (χ0) is 39.0. The van der Waals surface area contributed by atoms with Crippen LogP contribution in [0.5, 0.6) is 0 Å². The van der Waals surface area contributed by atoms with Crippen molar-refractivity contribution in [3.8, 4) is 0 Å². The lowest BCUT2D eigenvalue weighted by Gasteiger charge is -2.31. The highest BCUT2D eigenvalue weighted by Crippen LogP contribution is 2.46. The van der Waals surface area contributed by atoms with Crippen LogP contribution < -0.4 is 20.3 Å². The van der Waals surface area contributed by atoms with E-state index >= 15 is 0 Å². The number of rotatable bonds is 6. The summed E-state index contributed by atoms with van der Waals surface area (Å²) in [6.07, 6.45) is 6.33. The smallest absolute Gasteiger partial charge is 0.410 e. The van der Waals surface area contributed by atoms with Crippen LogP contribution in [0.3, 0.4) is 0 Å². The molecule has 0 bridgehead atoms. The first kappa shape index (κ1) is 39.4. The predicted molar refractivity (Wildman–Crippen MR) is 200 cm³/mol. The maximum atomic E-state index is 14.4. The largest absolute Gasteiger partial charge is 0.444 e. The van der Waals surface area contributed by atoms with E-state index in [4.69, 9.17) is 9.47 Å². The lowest BCUT2D eigenvalue weighted by atomic mass is 9.97. The lowest BCUT2D eigenvalue weighted by Crippen LogP contribution is -2.58. The fourth-order valence-corrected chi connectivity index (χ4v) is 9.04. The minimum atomic E-state index is -3.90. The molecule has 1 aromatic rings. The number of alkyl carbamates (subject to hydrolysis) is 1. The maximum Gasteiger partial charge on any atom is 0.410 e. The lowest BCUT2D eigenvalue weighted by molar-refractivity contribution is -0.141. The number of carbonyl (C=O) groups excluding carboxylic acids is 5. The summed E-state index contributed by atoms with van der Waals surface area (Å²) >= 11 is 0.